The largest absolute Gasteiger partial charge is 0.490 e. The molecular weight excluding hydrogens is 250 g/mol. The molecule has 104 valence electrons. The van der Waals surface area contributed by atoms with Crippen LogP contribution in [0.25, 0.3) is 0 Å². The Morgan fingerprint density at radius 1 is 1.32 bits per heavy atom. The van der Waals surface area contributed by atoms with Gasteiger partial charge in [0.25, 0.3) is 5.91 Å². The van der Waals surface area contributed by atoms with Crippen LogP contribution >= 0.6 is 0 Å². The Hall–Kier alpha value is -2.28. The molecule has 1 aromatic carbocycles. The zero-order valence-electron chi connectivity index (χ0n) is 10.6. The summed E-state index contributed by atoms with van der Waals surface area (Å²) in [5.74, 6) is 0.255. The summed E-state index contributed by atoms with van der Waals surface area (Å²) in [7, 11) is 0. The molecule has 0 atom stereocenters. The average Bonchev–Trinajstić information content (AvgIpc) is 2.36. The molecule has 0 bridgehead atoms. The van der Waals surface area contributed by atoms with Crippen molar-refractivity contribution in [1.29, 1.82) is 0 Å². The normalized spacial score (nSPS) is 9.79. The molecule has 7 nitrogen and oxygen atoms in total. The standard InChI is InChI=1S/C12H17N3O4/c1-2-18-9-5-3-4-8(6-13)11(9)19-7-10(16)15-12(14)17/h3-5H,2,6-7,13H2,1H3,(H3,14,15,16,17). The van der Waals surface area contributed by atoms with Crippen molar-refractivity contribution in [3.8, 4) is 11.5 Å². The molecule has 0 aliphatic rings. The van der Waals surface area contributed by atoms with E-state index in [1.54, 1.807) is 18.2 Å². The summed E-state index contributed by atoms with van der Waals surface area (Å²) in [5, 5.41) is 1.90. The van der Waals surface area contributed by atoms with Crippen LogP contribution in [0.1, 0.15) is 12.5 Å². The summed E-state index contributed by atoms with van der Waals surface area (Å²) >= 11 is 0. The Bertz CT molecular complexity index is 462. The summed E-state index contributed by atoms with van der Waals surface area (Å²) < 4.78 is 10.7. The van der Waals surface area contributed by atoms with Crippen LogP contribution in [-0.2, 0) is 11.3 Å². The zero-order chi connectivity index (χ0) is 14.3. The molecule has 0 aliphatic carbocycles. The van der Waals surface area contributed by atoms with Crippen molar-refractivity contribution in [1.82, 2.24) is 5.32 Å². The van der Waals surface area contributed by atoms with Gasteiger partial charge in [-0.1, -0.05) is 12.1 Å². The number of hydrogen-bond donors (Lipinski definition) is 3. The SMILES string of the molecule is CCOc1cccc(CN)c1OCC(=O)NC(N)=O. The molecule has 0 heterocycles. The maximum absolute atomic E-state index is 11.3. The predicted octanol–water partition coefficient (Wildman–Crippen LogP) is 0.118. The molecule has 19 heavy (non-hydrogen) atoms. The number of para-hydroxylation sites is 1. The molecule has 7 heteroatoms. The molecule has 0 unspecified atom stereocenters. The molecule has 1 aromatic rings. The molecule has 0 fully saturated rings. The van der Waals surface area contributed by atoms with E-state index < -0.39 is 11.9 Å². The lowest BCUT2D eigenvalue weighted by atomic mass is 10.2. The van der Waals surface area contributed by atoms with Crippen LogP contribution in [0.5, 0.6) is 11.5 Å². The first-order valence-electron chi connectivity index (χ1n) is 5.75. The summed E-state index contributed by atoms with van der Waals surface area (Å²) in [6, 6.07) is 4.34. The van der Waals surface area contributed by atoms with Gasteiger partial charge in [-0.2, -0.15) is 0 Å². The Balaban J connectivity index is 2.80. The van der Waals surface area contributed by atoms with E-state index in [4.69, 9.17) is 20.9 Å². The van der Waals surface area contributed by atoms with E-state index in [2.05, 4.69) is 0 Å². The van der Waals surface area contributed by atoms with Gasteiger partial charge in [0.05, 0.1) is 6.61 Å². The van der Waals surface area contributed by atoms with Crippen LogP contribution in [0, 0.1) is 0 Å². The molecule has 1 rings (SSSR count). The highest BCUT2D eigenvalue weighted by atomic mass is 16.5. The summed E-state index contributed by atoms with van der Waals surface area (Å²) in [5.41, 5.74) is 11.1. The van der Waals surface area contributed by atoms with Crippen LogP contribution in [-0.4, -0.2) is 25.2 Å². The molecule has 0 saturated heterocycles. The molecule has 0 spiro atoms. The molecule has 5 N–H and O–H groups in total. The third-order valence-electron chi connectivity index (χ3n) is 2.19. The fourth-order valence-electron chi connectivity index (χ4n) is 1.47. The summed E-state index contributed by atoms with van der Waals surface area (Å²) in [6.07, 6.45) is 0. The van der Waals surface area contributed by atoms with Crippen molar-refractivity contribution < 1.29 is 19.1 Å². The molecule has 0 radical (unpaired) electrons. The number of carbonyl (C=O) groups is 2. The number of imide groups is 1. The van der Waals surface area contributed by atoms with Crippen molar-refractivity contribution in [2.75, 3.05) is 13.2 Å². The maximum Gasteiger partial charge on any atom is 0.318 e. The van der Waals surface area contributed by atoms with E-state index in [-0.39, 0.29) is 13.2 Å². The van der Waals surface area contributed by atoms with Gasteiger partial charge < -0.3 is 20.9 Å². The van der Waals surface area contributed by atoms with Crippen molar-refractivity contribution in [3.05, 3.63) is 23.8 Å². The molecule has 0 saturated carbocycles. The van der Waals surface area contributed by atoms with Gasteiger partial charge in [-0.3, -0.25) is 10.1 Å². The molecule has 3 amide bonds. The molecule has 0 aliphatic heterocycles. The summed E-state index contributed by atoms with van der Waals surface area (Å²) in [6.45, 7) is 2.18. The predicted molar refractivity (Wildman–Crippen MR) is 68.7 cm³/mol. The topological polar surface area (TPSA) is 117 Å². The number of urea groups is 1. The summed E-state index contributed by atoms with van der Waals surface area (Å²) in [4.78, 5) is 21.8. The van der Waals surface area contributed by atoms with E-state index in [1.165, 1.54) is 0 Å². The van der Waals surface area contributed by atoms with Gasteiger partial charge in [0, 0.05) is 12.1 Å². The number of carbonyl (C=O) groups excluding carboxylic acids is 2. The van der Waals surface area contributed by atoms with Crippen molar-refractivity contribution in [2.45, 2.75) is 13.5 Å². The number of amides is 3. The number of ether oxygens (including phenoxy) is 2. The van der Waals surface area contributed by atoms with Crippen LogP contribution in [0.2, 0.25) is 0 Å². The van der Waals surface area contributed by atoms with Gasteiger partial charge in [0.1, 0.15) is 0 Å². The first kappa shape index (κ1) is 14.8. The fraction of sp³-hybridized carbons (Fsp3) is 0.333. The number of rotatable bonds is 6. The van der Waals surface area contributed by atoms with Gasteiger partial charge in [-0.15, -0.1) is 0 Å². The van der Waals surface area contributed by atoms with E-state index >= 15 is 0 Å². The van der Waals surface area contributed by atoms with E-state index in [0.29, 0.717) is 23.7 Å². The number of nitrogens with one attached hydrogen (secondary N) is 1. The lowest BCUT2D eigenvalue weighted by Crippen LogP contribution is -2.38. The fourth-order valence-corrected chi connectivity index (χ4v) is 1.47. The third kappa shape index (κ3) is 4.47. The number of nitrogens with two attached hydrogens (primary N) is 2. The third-order valence-corrected chi connectivity index (χ3v) is 2.19. The molecular formula is C12H17N3O4. The number of hydrogen-bond acceptors (Lipinski definition) is 5. The number of primary amides is 1. The molecule has 0 aromatic heterocycles. The van der Waals surface area contributed by atoms with Crippen LogP contribution in [0.4, 0.5) is 4.79 Å². The minimum Gasteiger partial charge on any atom is -0.490 e. The van der Waals surface area contributed by atoms with E-state index in [1.807, 2.05) is 12.2 Å². The van der Waals surface area contributed by atoms with Crippen LogP contribution in [0.15, 0.2) is 18.2 Å². The second-order valence-corrected chi connectivity index (χ2v) is 3.58. The Morgan fingerprint density at radius 2 is 2.05 bits per heavy atom. The minimum absolute atomic E-state index is 0.244. The first-order valence-corrected chi connectivity index (χ1v) is 5.75. The average molecular weight is 267 g/mol. The van der Waals surface area contributed by atoms with Crippen LogP contribution < -0.4 is 26.3 Å². The zero-order valence-corrected chi connectivity index (χ0v) is 10.6. The van der Waals surface area contributed by atoms with Gasteiger partial charge in [0.15, 0.2) is 18.1 Å². The second-order valence-electron chi connectivity index (χ2n) is 3.58. The first-order chi connectivity index (χ1) is 9.08. The smallest absolute Gasteiger partial charge is 0.318 e. The Kier molecular flexibility index (Phi) is 5.62. The van der Waals surface area contributed by atoms with Gasteiger partial charge in [0.2, 0.25) is 0 Å². The quantitative estimate of drug-likeness (QED) is 0.676. The van der Waals surface area contributed by atoms with E-state index in [9.17, 15) is 9.59 Å². The van der Waals surface area contributed by atoms with Crippen LogP contribution in [0.3, 0.4) is 0 Å². The van der Waals surface area contributed by atoms with Crippen molar-refractivity contribution in [3.63, 3.8) is 0 Å². The van der Waals surface area contributed by atoms with Gasteiger partial charge >= 0.3 is 6.03 Å². The lowest BCUT2D eigenvalue weighted by Gasteiger charge is -2.14. The Labute approximate surface area is 110 Å². The lowest BCUT2D eigenvalue weighted by molar-refractivity contribution is -0.121. The highest BCUT2D eigenvalue weighted by Crippen LogP contribution is 2.31. The highest BCUT2D eigenvalue weighted by Gasteiger charge is 2.12. The van der Waals surface area contributed by atoms with E-state index in [0.717, 1.165) is 0 Å². The second kappa shape index (κ2) is 7.22. The van der Waals surface area contributed by atoms with Crippen molar-refractivity contribution in [2.24, 2.45) is 11.5 Å². The minimum atomic E-state index is -0.925. The highest BCUT2D eigenvalue weighted by molar-refractivity contribution is 5.94. The van der Waals surface area contributed by atoms with Crippen molar-refractivity contribution >= 4 is 11.9 Å². The Morgan fingerprint density at radius 3 is 2.63 bits per heavy atom. The maximum atomic E-state index is 11.3. The monoisotopic (exact) mass is 267 g/mol. The van der Waals surface area contributed by atoms with Gasteiger partial charge in [-0.05, 0) is 13.0 Å². The van der Waals surface area contributed by atoms with Gasteiger partial charge in [-0.25, -0.2) is 4.79 Å². The number of benzene rings is 1.